The van der Waals surface area contributed by atoms with Gasteiger partial charge in [0.05, 0.1) is 0 Å². The third-order valence-corrected chi connectivity index (χ3v) is 4.93. The molecule has 1 aliphatic heterocycles. The van der Waals surface area contributed by atoms with Gasteiger partial charge in [0, 0.05) is 42.5 Å². The molecule has 2 aliphatic rings. The summed E-state index contributed by atoms with van der Waals surface area (Å²) in [6, 6.07) is 11.2. The summed E-state index contributed by atoms with van der Waals surface area (Å²) >= 11 is 1.93. The van der Waals surface area contributed by atoms with Gasteiger partial charge in [0.2, 0.25) is 5.91 Å². The van der Waals surface area contributed by atoms with Gasteiger partial charge in [-0.3, -0.25) is 4.79 Å². The highest BCUT2D eigenvalue weighted by molar-refractivity contribution is 7.99. The van der Waals surface area contributed by atoms with Gasteiger partial charge in [-0.15, -0.1) is 12.4 Å². The number of halogens is 1. The second-order valence-corrected chi connectivity index (χ2v) is 6.51. The van der Waals surface area contributed by atoms with E-state index < -0.39 is 0 Å². The number of benzene rings is 1. The Morgan fingerprint density at radius 3 is 2.85 bits per heavy atom. The van der Waals surface area contributed by atoms with Crippen molar-refractivity contribution in [1.29, 1.82) is 0 Å². The van der Waals surface area contributed by atoms with Crippen molar-refractivity contribution in [2.45, 2.75) is 30.8 Å². The van der Waals surface area contributed by atoms with E-state index in [1.807, 2.05) is 17.8 Å². The van der Waals surface area contributed by atoms with Gasteiger partial charge in [-0.25, -0.2) is 0 Å². The molecule has 1 saturated carbocycles. The van der Waals surface area contributed by atoms with Gasteiger partial charge < -0.3 is 10.6 Å². The lowest BCUT2D eigenvalue weighted by Gasteiger charge is -2.22. The molecule has 5 heteroatoms. The summed E-state index contributed by atoms with van der Waals surface area (Å²) in [5.74, 6) is 2.94. The molecule has 2 N–H and O–H groups in total. The van der Waals surface area contributed by atoms with Crippen molar-refractivity contribution in [1.82, 2.24) is 10.6 Å². The van der Waals surface area contributed by atoms with Gasteiger partial charge >= 0.3 is 0 Å². The van der Waals surface area contributed by atoms with Crippen LogP contribution in [0.5, 0.6) is 0 Å². The maximum Gasteiger partial charge on any atom is 0.221 e. The predicted octanol–water partition coefficient (Wildman–Crippen LogP) is 2.18. The molecule has 1 heterocycles. The second-order valence-electron chi connectivity index (χ2n) is 5.36. The number of hydrogen-bond acceptors (Lipinski definition) is 3. The zero-order valence-electron chi connectivity index (χ0n) is 11.4. The van der Waals surface area contributed by atoms with Crippen LogP contribution in [0.25, 0.3) is 0 Å². The van der Waals surface area contributed by atoms with Crippen molar-refractivity contribution < 1.29 is 4.79 Å². The number of carbonyl (C=O) groups excluding carboxylic acids is 1. The number of nitrogens with one attached hydrogen (secondary N) is 2. The summed E-state index contributed by atoms with van der Waals surface area (Å²) in [5, 5.41) is 6.57. The molecule has 0 spiro atoms. The van der Waals surface area contributed by atoms with Crippen LogP contribution >= 0.6 is 24.2 Å². The number of hydrogen-bond donors (Lipinski definition) is 2. The lowest BCUT2D eigenvalue weighted by Crippen LogP contribution is -2.41. The van der Waals surface area contributed by atoms with Crippen LogP contribution in [0.15, 0.2) is 30.3 Å². The van der Waals surface area contributed by atoms with E-state index in [1.54, 1.807) is 0 Å². The highest BCUT2D eigenvalue weighted by Crippen LogP contribution is 2.40. The molecule has 0 bridgehead atoms. The molecule has 3 rings (SSSR count). The molecule has 1 aliphatic carbocycles. The quantitative estimate of drug-likeness (QED) is 0.895. The Morgan fingerprint density at radius 1 is 1.35 bits per heavy atom. The summed E-state index contributed by atoms with van der Waals surface area (Å²) < 4.78 is 0. The van der Waals surface area contributed by atoms with E-state index in [0.29, 0.717) is 24.4 Å². The monoisotopic (exact) mass is 312 g/mol. The fourth-order valence-corrected chi connectivity index (χ4v) is 3.61. The molecule has 1 aromatic carbocycles. The van der Waals surface area contributed by atoms with Gasteiger partial charge in [-0.05, 0) is 12.0 Å². The SMILES string of the molecule is Cl.O=C(CC1CSCCN1)NC1CC1c1ccccc1. The van der Waals surface area contributed by atoms with Crippen molar-refractivity contribution in [2.75, 3.05) is 18.1 Å². The number of thioether (sulfide) groups is 1. The minimum atomic E-state index is 0. The summed E-state index contributed by atoms with van der Waals surface area (Å²) in [6.45, 7) is 1.03. The van der Waals surface area contributed by atoms with Gasteiger partial charge in [0.15, 0.2) is 0 Å². The Hall–Kier alpha value is -0.710. The smallest absolute Gasteiger partial charge is 0.221 e. The highest BCUT2D eigenvalue weighted by atomic mass is 35.5. The normalized spacial score (nSPS) is 28.3. The summed E-state index contributed by atoms with van der Waals surface area (Å²) in [6.07, 6.45) is 1.70. The summed E-state index contributed by atoms with van der Waals surface area (Å²) in [7, 11) is 0. The number of rotatable bonds is 4. The van der Waals surface area contributed by atoms with Crippen LogP contribution in [0.2, 0.25) is 0 Å². The first-order chi connectivity index (χ1) is 9.33. The maximum absolute atomic E-state index is 12.0. The van der Waals surface area contributed by atoms with E-state index in [1.165, 1.54) is 5.56 Å². The molecule has 110 valence electrons. The van der Waals surface area contributed by atoms with E-state index in [0.717, 1.165) is 24.5 Å². The molecule has 0 aromatic heterocycles. The third-order valence-electron chi connectivity index (χ3n) is 3.79. The van der Waals surface area contributed by atoms with Gasteiger partial charge in [0.25, 0.3) is 0 Å². The predicted molar refractivity (Wildman–Crippen MR) is 86.7 cm³/mol. The van der Waals surface area contributed by atoms with E-state index in [4.69, 9.17) is 0 Å². The molecule has 1 aromatic rings. The third kappa shape index (κ3) is 4.14. The molecular weight excluding hydrogens is 292 g/mol. The highest BCUT2D eigenvalue weighted by Gasteiger charge is 2.39. The van der Waals surface area contributed by atoms with Gasteiger partial charge in [0.1, 0.15) is 0 Å². The van der Waals surface area contributed by atoms with Gasteiger partial charge in [-0.1, -0.05) is 30.3 Å². The van der Waals surface area contributed by atoms with Crippen LogP contribution in [-0.2, 0) is 4.79 Å². The average molecular weight is 313 g/mol. The van der Waals surface area contributed by atoms with Crippen LogP contribution in [0.3, 0.4) is 0 Å². The first-order valence-corrected chi connectivity index (χ1v) is 8.14. The van der Waals surface area contributed by atoms with Crippen molar-refractivity contribution in [3.8, 4) is 0 Å². The largest absolute Gasteiger partial charge is 0.353 e. The minimum absolute atomic E-state index is 0. The number of carbonyl (C=O) groups is 1. The molecule has 20 heavy (non-hydrogen) atoms. The Labute approximate surface area is 130 Å². The zero-order valence-corrected chi connectivity index (χ0v) is 13.0. The van der Waals surface area contributed by atoms with Crippen molar-refractivity contribution in [3.63, 3.8) is 0 Å². The van der Waals surface area contributed by atoms with E-state index >= 15 is 0 Å². The fourth-order valence-electron chi connectivity index (χ4n) is 2.66. The summed E-state index contributed by atoms with van der Waals surface area (Å²) in [5.41, 5.74) is 1.35. The van der Waals surface area contributed by atoms with Crippen LogP contribution in [0.1, 0.15) is 24.3 Å². The first kappa shape index (κ1) is 15.7. The lowest BCUT2D eigenvalue weighted by molar-refractivity contribution is -0.121. The first-order valence-electron chi connectivity index (χ1n) is 6.98. The van der Waals surface area contributed by atoms with Gasteiger partial charge in [-0.2, -0.15) is 11.8 Å². The second kappa shape index (κ2) is 7.34. The molecular formula is C15H21ClN2OS. The minimum Gasteiger partial charge on any atom is -0.353 e. The van der Waals surface area contributed by atoms with E-state index in [9.17, 15) is 4.79 Å². The Morgan fingerprint density at radius 2 is 2.15 bits per heavy atom. The Bertz CT molecular complexity index is 437. The fraction of sp³-hybridized carbons (Fsp3) is 0.533. The average Bonchev–Trinajstić information content (AvgIpc) is 3.20. The van der Waals surface area contributed by atoms with Crippen LogP contribution < -0.4 is 10.6 Å². The maximum atomic E-state index is 12.0. The van der Waals surface area contributed by atoms with E-state index in [-0.39, 0.29) is 18.3 Å². The molecule has 1 saturated heterocycles. The van der Waals surface area contributed by atoms with Crippen LogP contribution in [-0.4, -0.2) is 36.0 Å². The van der Waals surface area contributed by atoms with Crippen LogP contribution in [0.4, 0.5) is 0 Å². The Balaban J connectivity index is 0.00000147. The van der Waals surface area contributed by atoms with Crippen molar-refractivity contribution in [2.24, 2.45) is 0 Å². The lowest BCUT2D eigenvalue weighted by atomic mass is 10.1. The molecule has 1 amide bonds. The standard InChI is InChI=1S/C15H20N2OS.ClH/c18-15(8-12-10-19-7-6-16-12)17-14-9-13(14)11-4-2-1-3-5-11;/h1-5,12-14,16H,6-10H2,(H,17,18);1H. The molecule has 3 atom stereocenters. The molecule has 2 fully saturated rings. The molecule has 0 radical (unpaired) electrons. The topological polar surface area (TPSA) is 41.1 Å². The van der Waals surface area contributed by atoms with Crippen LogP contribution in [0, 0.1) is 0 Å². The molecule has 3 unspecified atom stereocenters. The Kier molecular flexibility index (Phi) is 5.75. The van der Waals surface area contributed by atoms with Crippen molar-refractivity contribution >= 4 is 30.1 Å². The molecule has 3 nitrogen and oxygen atoms in total. The van der Waals surface area contributed by atoms with Crippen molar-refractivity contribution in [3.05, 3.63) is 35.9 Å². The summed E-state index contributed by atoms with van der Waals surface area (Å²) in [4.78, 5) is 12.0. The number of amides is 1. The van der Waals surface area contributed by atoms with E-state index in [2.05, 4.69) is 34.9 Å². The zero-order chi connectivity index (χ0) is 13.1.